The first-order chi connectivity index (χ1) is 15.5. The first-order valence-corrected chi connectivity index (χ1v) is 11.2. The van der Waals surface area contributed by atoms with Gasteiger partial charge in [-0.3, -0.25) is 0 Å². The van der Waals surface area contributed by atoms with Gasteiger partial charge in [0, 0.05) is 29.2 Å². The summed E-state index contributed by atoms with van der Waals surface area (Å²) < 4.78 is 6.31. The van der Waals surface area contributed by atoms with Crippen molar-refractivity contribution in [1.29, 1.82) is 0 Å². The molecule has 3 aromatic rings. The van der Waals surface area contributed by atoms with E-state index in [1.165, 1.54) is 22.3 Å². The maximum Gasteiger partial charge on any atom is 0.407 e. The number of anilines is 1. The summed E-state index contributed by atoms with van der Waals surface area (Å²) in [7, 11) is 0. The number of halogens is 1. The van der Waals surface area contributed by atoms with Crippen LogP contribution in [0.3, 0.4) is 0 Å². The van der Waals surface area contributed by atoms with E-state index in [0.717, 1.165) is 5.69 Å². The van der Waals surface area contributed by atoms with Gasteiger partial charge in [-0.05, 0) is 40.5 Å². The maximum absolute atomic E-state index is 12.4. The second-order valence-corrected chi connectivity index (χ2v) is 8.99. The third-order valence-electron chi connectivity index (χ3n) is 6.04. The Bertz CT molecular complexity index is 1160. The molecule has 2 aliphatic rings. The number of alkyl carbamates (subject to hydrolysis) is 1. The topological polar surface area (TPSA) is 78.9 Å². The average molecular weight is 493 g/mol. The van der Waals surface area contributed by atoms with Gasteiger partial charge in [0.2, 0.25) is 0 Å². The molecule has 0 unspecified atom stereocenters. The lowest BCUT2D eigenvalue weighted by atomic mass is 9.98. The second-order valence-electron chi connectivity index (χ2n) is 8.08. The van der Waals surface area contributed by atoms with Crippen LogP contribution in [-0.4, -0.2) is 42.9 Å². The number of fused-ring (bicyclic) bond motifs is 3. The highest BCUT2D eigenvalue weighted by atomic mass is 79.9. The number of carbonyl (C=O) groups excluding carboxylic acids is 1. The van der Waals surface area contributed by atoms with Gasteiger partial charge in [0.25, 0.3) is 0 Å². The Morgan fingerprint density at radius 3 is 2.25 bits per heavy atom. The third-order valence-corrected chi connectivity index (χ3v) is 6.50. The molecule has 1 fully saturated rings. The quantitative estimate of drug-likeness (QED) is 0.530. The molecule has 1 heterocycles. The number of nitrogens with zero attached hydrogens (tertiary/aromatic N) is 1. The fourth-order valence-corrected chi connectivity index (χ4v) is 4.95. The molecular weight excluding hydrogens is 472 g/mol. The van der Waals surface area contributed by atoms with Gasteiger partial charge in [0.1, 0.15) is 6.61 Å². The Hall–Kier alpha value is -3.32. The molecule has 0 aromatic heterocycles. The second kappa shape index (κ2) is 8.31. The van der Waals surface area contributed by atoms with Crippen molar-refractivity contribution in [2.45, 2.75) is 12.0 Å². The SMILES string of the molecule is O=C(NC1CN(c2cc(Br)cc(C(=O)O)c2)C1)OCC1c2ccccc2-c2ccccc21. The number of carboxylic acid groups (broad SMARTS) is 1. The van der Waals surface area contributed by atoms with E-state index in [4.69, 9.17) is 4.74 Å². The smallest absolute Gasteiger partial charge is 0.407 e. The number of carboxylic acids is 1. The van der Waals surface area contributed by atoms with E-state index >= 15 is 0 Å². The van der Waals surface area contributed by atoms with Gasteiger partial charge in [-0.1, -0.05) is 64.5 Å². The summed E-state index contributed by atoms with van der Waals surface area (Å²) in [5, 5.41) is 12.1. The van der Waals surface area contributed by atoms with E-state index in [-0.39, 0.29) is 24.1 Å². The summed E-state index contributed by atoms with van der Waals surface area (Å²) in [5.41, 5.74) is 5.79. The van der Waals surface area contributed by atoms with Gasteiger partial charge in [0.05, 0.1) is 11.6 Å². The number of hydrogen-bond acceptors (Lipinski definition) is 4. The van der Waals surface area contributed by atoms with Crippen LogP contribution in [0.4, 0.5) is 10.5 Å². The number of carbonyl (C=O) groups is 2. The van der Waals surface area contributed by atoms with Crippen molar-refractivity contribution in [3.8, 4) is 11.1 Å². The molecule has 6 nitrogen and oxygen atoms in total. The zero-order valence-corrected chi connectivity index (χ0v) is 18.7. The fraction of sp³-hybridized carbons (Fsp3) is 0.200. The van der Waals surface area contributed by atoms with Crippen molar-refractivity contribution in [2.24, 2.45) is 0 Å². The number of hydrogen-bond donors (Lipinski definition) is 2. The summed E-state index contributed by atoms with van der Waals surface area (Å²) in [6, 6.07) is 21.5. The molecule has 0 saturated carbocycles. The Morgan fingerprint density at radius 1 is 1.00 bits per heavy atom. The van der Waals surface area contributed by atoms with Crippen molar-refractivity contribution in [1.82, 2.24) is 5.32 Å². The zero-order chi connectivity index (χ0) is 22.2. The highest BCUT2D eigenvalue weighted by Crippen LogP contribution is 2.44. The van der Waals surface area contributed by atoms with E-state index in [9.17, 15) is 14.7 Å². The highest BCUT2D eigenvalue weighted by molar-refractivity contribution is 9.10. The molecule has 2 N–H and O–H groups in total. The molecule has 7 heteroatoms. The van der Waals surface area contributed by atoms with Crippen LogP contribution in [0.25, 0.3) is 11.1 Å². The molecule has 162 valence electrons. The highest BCUT2D eigenvalue weighted by Gasteiger charge is 2.31. The lowest BCUT2D eigenvalue weighted by molar-refractivity contribution is 0.0696. The minimum atomic E-state index is -0.971. The number of aromatic carboxylic acids is 1. The van der Waals surface area contributed by atoms with E-state index in [2.05, 4.69) is 45.5 Å². The third kappa shape index (κ3) is 3.84. The van der Waals surface area contributed by atoms with Crippen LogP contribution in [0, 0.1) is 0 Å². The first-order valence-electron chi connectivity index (χ1n) is 10.4. The van der Waals surface area contributed by atoms with Crippen molar-refractivity contribution < 1.29 is 19.4 Å². The van der Waals surface area contributed by atoms with Crippen LogP contribution in [0.2, 0.25) is 0 Å². The lowest BCUT2D eigenvalue weighted by Crippen LogP contribution is -2.59. The van der Waals surface area contributed by atoms with E-state index in [1.54, 1.807) is 12.1 Å². The largest absolute Gasteiger partial charge is 0.478 e. The molecule has 32 heavy (non-hydrogen) atoms. The number of ether oxygens (including phenoxy) is 1. The van der Waals surface area contributed by atoms with Gasteiger partial charge in [-0.15, -0.1) is 0 Å². The van der Waals surface area contributed by atoms with Gasteiger partial charge in [-0.25, -0.2) is 9.59 Å². The van der Waals surface area contributed by atoms with Gasteiger partial charge < -0.3 is 20.1 Å². The molecule has 1 saturated heterocycles. The van der Waals surface area contributed by atoms with Crippen molar-refractivity contribution in [2.75, 3.05) is 24.6 Å². The molecule has 1 aliphatic carbocycles. The predicted molar refractivity (Wildman–Crippen MR) is 125 cm³/mol. The average Bonchev–Trinajstić information content (AvgIpc) is 3.08. The molecule has 1 aliphatic heterocycles. The number of rotatable bonds is 5. The van der Waals surface area contributed by atoms with E-state index < -0.39 is 12.1 Å². The van der Waals surface area contributed by atoms with Gasteiger partial charge in [-0.2, -0.15) is 0 Å². The van der Waals surface area contributed by atoms with Crippen molar-refractivity contribution in [3.63, 3.8) is 0 Å². The molecule has 0 atom stereocenters. The molecular formula is C25H21BrN2O4. The van der Waals surface area contributed by atoms with Crippen LogP contribution < -0.4 is 10.2 Å². The van der Waals surface area contributed by atoms with Crippen LogP contribution in [0.1, 0.15) is 27.4 Å². The van der Waals surface area contributed by atoms with Crippen LogP contribution in [0.15, 0.2) is 71.2 Å². The predicted octanol–water partition coefficient (Wildman–Crippen LogP) is 4.87. The minimum absolute atomic E-state index is 0.0298. The van der Waals surface area contributed by atoms with Gasteiger partial charge >= 0.3 is 12.1 Å². The van der Waals surface area contributed by atoms with E-state index in [1.807, 2.05) is 35.2 Å². The van der Waals surface area contributed by atoms with E-state index in [0.29, 0.717) is 17.6 Å². The first kappa shape index (κ1) is 20.6. The van der Waals surface area contributed by atoms with Crippen molar-refractivity contribution in [3.05, 3.63) is 87.9 Å². The zero-order valence-electron chi connectivity index (χ0n) is 17.1. The maximum atomic E-state index is 12.4. The molecule has 0 spiro atoms. The minimum Gasteiger partial charge on any atom is -0.478 e. The summed E-state index contributed by atoms with van der Waals surface area (Å²) in [6.07, 6.45) is -0.433. The fourth-order valence-electron chi connectivity index (χ4n) is 4.47. The summed E-state index contributed by atoms with van der Waals surface area (Å²) in [5.74, 6) is -0.941. The summed E-state index contributed by atoms with van der Waals surface area (Å²) >= 11 is 3.35. The Balaban J connectivity index is 1.18. The van der Waals surface area contributed by atoms with Crippen LogP contribution in [0.5, 0.6) is 0 Å². The summed E-state index contributed by atoms with van der Waals surface area (Å²) in [4.78, 5) is 25.7. The van der Waals surface area contributed by atoms with Crippen molar-refractivity contribution >= 4 is 33.7 Å². The molecule has 0 radical (unpaired) electrons. The molecule has 5 rings (SSSR count). The van der Waals surface area contributed by atoms with Crippen LogP contribution >= 0.6 is 15.9 Å². The Morgan fingerprint density at radius 2 is 1.62 bits per heavy atom. The molecule has 0 bridgehead atoms. The monoisotopic (exact) mass is 492 g/mol. The van der Waals surface area contributed by atoms with Crippen LogP contribution in [-0.2, 0) is 4.74 Å². The Labute approximate surface area is 193 Å². The molecule has 3 aromatic carbocycles. The lowest BCUT2D eigenvalue weighted by Gasteiger charge is -2.41. The standard InChI is InChI=1S/C25H21BrN2O4/c26-16-9-15(24(29)30)10-18(11-16)28-12-17(13-28)27-25(31)32-14-23-21-7-3-1-5-19(21)20-6-2-4-8-22(20)23/h1-11,17,23H,12-14H2,(H,27,31)(H,29,30). The molecule has 1 amide bonds. The number of benzene rings is 3. The number of amides is 1. The number of nitrogens with one attached hydrogen (secondary N) is 1. The van der Waals surface area contributed by atoms with Gasteiger partial charge in [0.15, 0.2) is 0 Å². The Kier molecular flexibility index (Phi) is 5.35. The summed E-state index contributed by atoms with van der Waals surface area (Å²) in [6.45, 7) is 1.48. The normalized spacial score (nSPS) is 15.0.